The van der Waals surface area contributed by atoms with Crippen molar-refractivity contribution in [3.8, 4) is 16.9 Å². The van der Waals surface area contributed by atoms with Crippen LogP contribution in [0.1, 0.15) is 34.5 Å². The third kappa shape index (κ3) is 5.15. The minimum atomic E-state index is -1.16. The number of hydrogen-bond donors (Lipinski definition) is 3. The van der Waals surface area contributed by atoms with Gasteiger partial charge >= 0.3 is 5.97 Å². The van der Waals surface area contributed by atoms with Gasteiger partial charge in [-0.15, -0.1) is 11.8 Å². The number of nitrogens with zero attached hydrogens (tertiary/aromatic N) is 1. The normalized spacial score (nSPS) is 11.9. The van der Waals surface area contributed by atoms with Crippen LogP contribution >= 0.6 is 11.8 Å². The zero-order chi connectivity index (χ0) is 22.5. The molecule has 31 heavy (non-hydrogen) atoms. The predicted octanol–water partition coefficient (Wildman–Crippen LogP) is 4.75. The highest BCUT2D eigenvalue weighted by atomic mass is 32.2. The number of rotatable bonds is 8. The van der Waals surface area contributed by atoms with Gasteiger partial charge in [0.05, 0.1) is 5.56 Å². The van der Waals surface area contributed by atoms with Gasteiger partial charge in [0.1, 0.15) is 11.9 Å². The molecule has 0 radical (unpaired) electrons. The first-order chi connectivity index (χ1) is 14.8. The number of nitrogens with two attached hydrogens (primary N) is 1. The largest absolute Gasteiger partial charge is 0.482 e. The number of halogens is 1. The van der Waals surface area contributed by atoms with Crippen LogP contribution in [0.5, 0.6) is 5.75 Å². The van der Waals surface area contributed by atoms with Crippen molar-refractivity contribution in [3.05, 3.63) is 71.2 Å². The summed E-state index contributed by atoms with van der Waals surface area (Å²) in [6, 6.07) is 11.5. The van der Waals surface area contributed by atoms with Gasteiger partial charge in [0.25, 0.3) is 0 Å². The first-order valence-corrected chi connectivity index (χ1v) is 10.8. The second-order valence-corrected chi connectivity index (χ2v) is 7.84. The fourth-order valence-corrected chi connectivity index (χ4v) is 3.75. The number of thioether (sulfide) groups is 1. The number of aromatic nitrogens is 1. The molecule has 0 saturated carbocycles. The summed E-state index contributed by atoms with van der Waals surface area (Å²) in [5.74, 6) is -1.23. The minimum absolute atomic E-state index is 0.0273. The first-order valence-electron chi connectivity index (χ1n) is 9.60. The number of pyridine rings is 1. The van der Waals surface area contributed by atoms with Crippen LogP contribution in [0.2, 0.25) is 0 Å². The number of nitrogen functional groups attached to an aromatic ring is 1. The lowest BCUT2D eigenvalue weighted by Crippen LogP contribution is -2.12. The lowest BCUT2D eigenvalue weighted by atomic mass is 10.0. The van der Waals surface area contributed by atoms with E-state index in [9.17, 15) is 14.3 Å². The monoisotopic (exact) mass is 441 g/mol. The summed E-state index contributed by atoms with van der Waals surface area (Å²) < 4.78 is 19.7. The molecule has 3 aromatic rings. The van der Waals surface area contributed by atoms with E-state index in [0.29, 0.717) is 12.3 Å². The quantitative estimate of drug-likeness (QED) is 0.434. The molecule has 2 aromatic carbocycles. The molecule has 8 heteroatoms. The molecule has 0 saturated heterocycles. The van der Waals surface area contributed by atoms with E-state index in [2.05, 4.69) is 28.5 Å². The average molecular weight is 442 g/mol. The van der Waals surface area contributed by atoms with Crippen molar-refractivity contribution in [3.63, 3.8) is 0 Å². The Hall–Kier alpha value is -3.10. The van der Waals surface area contributed by atoms with Crippen molar-refractivity contribution < 1.29 is 19.0 Å². The molecule has 3 rings (SSSR count). The van der Waals surface area contributed by atoms with E-state index in [0.717, 1.165) is 33.7 Å². The number of carboxylic acids is 1. The molecule has 0 aliphatic heterocycles. The van der Waals surface area contributed by atoms with Crippen molar-refractivity contribution in [2.24, 2.45) is 0 Å². The molecule has 0 aliphatic rings. The topological polar surface area (TPSA) is 97.5 Å². The predicted molar refractivity (Wildman–Crippen MR) is 121 cm³/mol. The number of anilines is 1. The molecule has 1 heterocycles. The Bertz CT molecular complexity index is 1110. The average Bonchev–Trinajstić information content (AvgIpc) is 2.75. The number of aromatic carboxylic acids is 1. The number of benzene rings is 2. The van der Waals surface area contributed by atoms with Gasteiger partial charge in [-0.3, -0.25) is 0 Å². The molecule has 1 aromatic heterocycles. The summed E-state index contributed by atoms with van der Waals surface area (Å²) in [6.45, 7) is 2.32. The van der Waals surface area contributed by atoms with Crippen LogP contribution in [0.15, 0.2) is 53.6 Å². The van der Waals surface area contributed by atoms with Crippen molar-refractivity contribution in [2.45, 2.75) is 24.5 Å². The standard InChI is InChI=1S/C23H24FN3O3S/c1-13(19-9-16(24)5-7-18(19)23(28)29)30-21-8-15(12-27-22(21)25)20-10-17(31-3)6-4-14(20)11-26-2/h4-10,12-13,26H,11H2,1-3H3,(H2,25,27)(H,28,29). The second kappa shape index (κ2) is 9.80. The summed E-state index contributed by atoms with van der Waals surface area (Å²) in [5, 5.41) is 12.6. The first kappa shape index (κ1) is 22.6. The molecular formula is C23H24FN3O3S. The molecule has 0 spiro atoms. The van der Waals surface area contributed by atoms with Crippen LogP contribution in [0.3, 0.4) is 0 Å². The Morgan fingerprint density at radius 1 is 1.29 bits per heavy atom. The summed E-state index contributed by atoms with van der Waals surface area (Å²) >= 11 is 1.64. The Morgan fingerprint density at radius 3 is 2.74 bits per heavy atom. The molecule has 0 fully saturated rings. The molecule has 4 N–H and O–H groups in total. The van der Waals surface area contributed by atoms with Gasteiger partial charge < -0.3 is 20.9 Å². The highest BCUT2D eigenvalue weighted by Gasteiger charge is 2.20. The molecule has 0 bridgehead atoms. The molecular weight excluding hydrogens is 417 g/mol. The number of carbonyl (C=O) groups is 1. The SMILES string of the molecule is CNCc1ccc(SC)cc1-c1cnc(N)c(OC(C)c2cc(F)ccc2C(=O)O)c1. The fourth-order valence-electron chi connectivity index (χ4n) is 3.31. The molecule has 162 valence electrons. The van der Waals surface area contributed by atoms with Gasteiger partial charge in [-0.25, -0.2) is 14.2 Å². The van der Waals surface area contributed by atoms with Gasteiger partial charge in [0, 0.05) is 28.8 Å². The molecule has 6 nitrogen and oxygen atoms in total. The summed E-state index contributed by atoms with van der Waals surface area (Å²) in [7, 11) is 1.88. The summed E-state index contributed by atoms with van der Waals surface area (Å²) in [5.41, 5.74) is 9.12. The van der Waals surface area contributed by atoms with Crippen LogP contribution in [0.25, 0.3) is 11.1 Å². The third-order valence-electron chi connectivity index (χ3n) is 4.86. The van der Waals surface area contributed by atoms with Crippen LogP contribution in [0.4, 0.5) is 10.2 Å². The maximum absolute atomic E-state index is 13.8. The highest BCUT2D eigenvalue weighted by Crippen LogP contribution is 2.34. The fraction of sp³-hybridized carbons (Fsp3) is 0.217. The van der Waals surface area contributed by atoms with E-state index in [1.165, 1.54) is 6.07 Å². The number of hydrogen-bond acceptors (Lipinski definition) is 6. The third-order valence-corrected chi connectivity index (χ3v) is 5.59. The van der Waals surface area contributed by atoms with Gasteiger partial charge in [0.15, 0.2) is 11.6 Å². The number of ether oxygens (including phenoxy) is 1. The lowest BCUT2D eigenvalue weighted by molar-refractivity contribution is 0.0691. The Kier molecular flexibility index (Phi) is 7.14. The van der Waals surface area contributed by atoms with Crippen molar-refractivity contribution >= 4 is 23.5 Å². The Balaban J connectivity index is 2.00. The van der Waals surface area contributed by atoms with Gasteiger partial charge in [-0.1, -0.05) is 6.07 Å². The molecule has 1 atom stereocenters. The molecule has 1 unspecified atom stereocenters. The van der Waals surface area contributed by atoms with E-state index in [4.69, 9.17) is 10.5 Å². The maximum Gasteiger partial charge on any atom is 0.336 e. The van der Waals surface area contributed by atoms with Crippen molar-refractivity contribution in [1.29, 1.82) is 0 Å². The lowest BCUT2D eigenvalue weighted by Gasteiger charge is -2.19. The van der Waals surface area contributed by atoms with Gasteiger partial charge in [-0.05, 0) is 67.8 Å². The minimum Gasteiger partial charge on any atom is -0.482 e. The van der Waals surface area contributed by atoms with Crippen LogP contribution in [-0.4, -0.2) is 29.4 Å². The van der Waals surface area contributed by atoms with Crippen molar-refractivity contribution in [2.75, 3.05) is 19.0 Å². The van der Waals surface area contributed by atoms with Gasteiger partial charge in [0.2, 0.25) is 0 Å². The Labute approximate surface area is 184 Å². The highest BCUT2D eigenvalue weighted by molar-refractivity contribution is 7.98. The second-order valence-electron chi connectivity index (χ2n) is 6.96. The van der Waals surface area contributed by atoms with Crippen LogP contribution in [0, 0.1) is 5.82 Å². The van der Waals surface area contributed by atoms with E-state index < -0.39 is 17.9 Å². The zero-order valence-corrected chi connectivity index (χ0v) is 18.3. The number of carboxylic acid groups (broad SMARTS) is 1. The molecule has 0 aliphatic carbocycles. The van der Waals surface area contributed by atoms with E-state index in [-0.39, 0.29) is 16.9 Å². The summed E-state index contributed by atoms with van der Waals surface area (Å²) in [6.07, 6.45) is 2.93. The van der Waals surface area contributed by atoms with E-state index >= 15 is 0 Å². The van der Waals surface area contributed by atoms with E-state index in [1.807, 2.05) is 13.3 Å². The van der Waals surface area contributed by atoms with Gasteiger partial charge in [-0.2, -0.15) is 0 Å². The molecule has 0 amide bonds. The van der Waals surface area contributed by atoms with Crippen molar-refractivity contribution in [1.82, 2.24) is 10.3 Å². The smallest absolute Gasteiger partial charge is 0.336 e. The van der Waals surface area contributed by atoms with E-state index in [1.54, 1.807) is 30.9 Å². The summed E-state index contributed by atoms with van der Waals surface area (Å²) in [4.78, 5) is 16.9. The zero-order valence-electron chi connectivity index (χ0n) is 17.5. The number of nitrogens with one attached hydrogen (secondary N) is 1. The van der Waals surface area contributed by atoms with Crippen LogP contribution < -0.4 is 15.8 Å². The van der Waals surface area contributed by atoms with Crippen LogP contribution in [-0.2, 0) is 6.54 Å². The maximum atomic E-state index is 13.8. The Morgan fingerprint density at radius 2 is 2.06 bits per heavy atom.